The van der Waals surface area contributed by atoms with Crippen molar-refractivity contribution in [3.63, 3.8) is 0 Å². The van der Waals surface area contributed by atoms with Crippen molar-refractivity contribution in [2.75, 3.05) is 5.73 Å². The summed E-state index contributed by atoms with van der Waals surface area (Å²) >= 11 is 9.29. The summed E-state index contributed by atoms with van der Waals surface area (Å²) in [5, 5.41) is 0.0556. The molecular weight excluding hydrogens is 357 g/mol. The molecule has 2 aromatic rings. The molecule has 6 heteroatoms. The third-order valence-corrected chi connectivity index (χ3v) is 4.94. The summed E-state index contributed by atoms with van der Waals surface area (Å²) in [5.74, 6) is 0.461. The molecular formula is C15H14BrClFN3. The van der Waals surface area contributed by atoms with Crippen LogP contribution in [0.3, 0.4) is 0 Å². The highest BCUT2D eigenvalue weighted by atomic mass is 79.9. The van der Waals surface area contributed by atoms with Crippen molar-refractivity contribution in [1.82, 2.24) is 9.97 Å². The summed E-state index contributed by atoms with van der Waals surface area (Å²) in [6, 6.07) is 4.79. The number of hydrogen-bond acceptors (Lipinski definition) is 3. The molecule has 21 heavy (non-hydrogen) atoms. The first kappa shape index (κ1) is 14.7. The van der Waals surface area contributed by atoms with Crippen LogP contribution >= 0.6 is 27.5 Å². The SMILES string of the molecule is Nc1nc(-c2cccc(Cl)c2F)nc(C2CCCC2)c1Br. The topological polar surface area (TPSA) is 51.8 Å². The molecule has 1 aliphatic carbocycles. The summed E-state index contributed by atoms with van der Waals surface area (Å²) in [4.78, 5) is 8.75. The average molecular weight is 371 g/mol. The molecule has 1 heterocycles. The second kappa shape index (κ2) is 5.89. The molecule has 1 aromatic heterocycles. The van der Waals surface area contributed by atoms with E-state index in [0.29, 0.717) is 11.7 Å². The zero-order valence-electron chi connectivity index (χ0n) is 11.2. The van der Waals surface area contributed by atoms with E-state index in [4.69, 9.17) is 17.3 Å². The van der Waals surface area contributed by atoms with E-state index in [9.17, 15) is 4.39 Å². The number of nitrogens with zero attached hydrogens (tertiary/aromatic N) is 2. The van der Waals surface area contributed by atoms with Crippen LogP contribution in [-0.2, 0) is 0 Å². The molecule has 110 valence electrons. The number of benzene rings is 1. The van der Waals surface area contributed by atoms with E-state index in [1.807, 2.05) is 0 Å². The van der Waals surface area contributed by atoms with Crippen molar-refractivity contribution < 1.29 is 4.39 Å². The van der Waals surface area contributed by atoms with Gasteiger partial charge in [0.25, 0.3) is 0 Å². The Morgan fingerprint density at radius 2 is 1.95 bits per heavy atom. The Morgan fingerprint density at radius 1 is 1.24 bits per heavy atom. The third-order valence-electron chi connectivity index (χ3n) is 3.84. The largest absolute Gasteiger partial charge is 0.383 e. The zero-order valence-corrected chi connectivity index (χ0v) is 13.6. The zero-order chi connectivity index (χ0) is 15.0. The second-order valence-corrected chi connectivity index (χ2v) is 6.41. The van der Waals surface area contributed by atoms with Crippen molar-refractivity contribution in [3.05, 3.63) is 39.2 Å². The molecule has 2 N–H and O–H groups in total. The van der Waals surface area contributed by atoms with Crippen LogP contribution in [0.15, 0.2) is 22.7 Å². The van der Waals surface area contributed by atoms with Gasteiger partial charge in [0.05, 0.1) is 20.8 Å². The first-order chi connectivity index (χ1) is 10.1. The molecule has 1 saturated carbocycles. The minimum atomic E-state index is -0.515. The van der Waals surface area contributed by atoms with Crippen molar-refractivity contribution in [2.24, 2.45) is 0 Å². The lowest BCUT2D eigenvalue weighted by molar-refractivity contribution is 0.629. The van der Waals surface area contributed by atoms with E-state index in [0.717, 1.165) is 23.0 Å². The molecule has 0 unspecified atom stereocenters. The fourth-order valence-corrected chi connectivity index (χ4v) is 3.42. The molecule has 1 aliphatic rings. The van der Waals surface area contributed by atoms with Gasteiger partial charge in [0.1, 0.15) is 5.82 Å². The highest BCUT2D eigenvalue weighted by Gasteiger charge is 2.24. The average Bonchev–Trinajstić information content (AvgIpc) is 2.99. The van der Waals surface area contributed by atoms with E-state index in [1.54, 1.807) is 12.1 Å². The van der Waals surface area contributed by atoms with Crippen LogP contribution in [-0.4, -0.2) is 9.97 Å². The van der Waals surface area contributed by atoms with Gasteiger partial charge >= 0.3 is 0 Å². The summed E-state index contributed by atoms with van der Waals surface area (Å²) < 4.78 is 14.9. The normalized spacial score (nSPS) is 15.6. The van der Waals surface area contributed by atoms with Crippen molar-refractivity contribution in [1.29, 1.82) is 0 Å². The second-order valence-electron chi connectivity index (χ2n) is 5.21. The van der Waals surface area contributed by atoms with Gasteiger partial charge in [-0.2, -0.15) is 0 Å². The van der Waals surface area contributed by atoms with E-state index in [1.165, 1.54) is 18.9 Å². The first-order valence-corrected chi connectivity index (χ1v) is 8.02. The predicted octanol–water partition coefficient (Wildman–Crippen LogP) is 4.94. The quantitative estimate of drug-likeness (QED) is 0.814. The highest BCUT2D eigenvalue weighted by molar-refractivity contribution is 9.10. The Hall–Kier alpha value is -1.20. The van der Waals surface area contributed by atoms with Crippen LogP contribution in [0.5, 0.6) is 0 Å². The molecule has 3 nitrogen and oxygen atoms in total. The molecule has 3 rings (SSSR count). The third kappa shape index (κ3) is 2.77. The lowest BCUT2D eigenvalue weighted by Gasteiger charge is -2.14. The molecule has 0 aliphatic heterocycles. The minimum absolute atomic E-state index is 0.0556. The van der Waals surface area contributed by atoms with Crippen molar-refractivity contribution in [2.45, 2.75) is 31.6 Å². The van der Waals surface area contributed by atoms with Crippen LogP contribution < -0.4 is 5.73 Å². The number of halogens is 3. The predicted molar refractivity (Wildman–Crippen MR) is 85.8 cm³/mol. The molecule has 0 saturated heterocycles. The van der Waals surface area contributed by atoms with Gasteiger partial charge in [0.15, 0.2) is 11.6 Å². The number of nitrogen functional groups attached to an aromatic ring is 1. The molecule has 0 spiro atoms. The number of anilines is 1. The van der Waals surface area contributed by atoms with Crippen molar-refractivity contribution in [3.8, 4) is 11.4 Å². The maximum absolute atomic E-state index is 14.2. The maximum Gasteiger partial charge on any atom is 0.164 e. The lowest BCUT2D eigenvalue weighted by Crippen LogP contribution is -2.06. The van der Waals surface area contributed by atoms with Gasteiger partial charge < -0.3 is 5.73 Å². The lowest BCUT2D eigenvalue weighted by atomic mass is 10.0. The minimum Gasteiger partial charge on any atom is -0.383 e. The summed E-state index contributed by atoms with van der Waals surface area (Å²) in [7, 11) is 0. The van der Waals surface area contributed by atoms with Crippen LogP contribution in [0, 0.1) is 5.82 Å². The van der Waals surface area contributed by atoms with E-state index in [2.05, 4.69) is 25.9 Å². The molecule has 0 radical (unpaired) electrons. The summed E-state index contributed by atoms with van der Waals surface area (Å²) in [6.45, 7) is 0. The monoisotopic (exact) mass is 369 g/mol. The Kier molecular flexibility index (Phi) is 4.13. The van der Waals surface area contributed by atoms with E-state index < -0.39 is 5.82 Å². The number of aromatic nitrogens is 2. The highest BCUT2D eigenvalue weighted by Crippen LogP contribution is 2.39. The van der Waals surface area contributed by atoms with Gasteiger partial charge in [0.2, 0.25) is 0 Å². The van der Waals surface area contributed by atoms with Gasteiger partial charge in [0, 0.05) is 5.92 Å². The van der Waals surface area contributed by atoms with E-state index in [-0.39, 0.29) is 16.4 Å². The number of rotatable bonds is 2. The fraction of sp³-hybridized carbons (Fsp3) is 0.333. The number of nitrogens with two attached hydrogens (primary N) is 1. The summed E-state index contributed by atoms with van der Waals surface area (Å²) in [6.07, 6.45) is 4.52. The van der Waals surface area contributed by atoms with Crippen molar-refractivity contribution >= 4 is 33.3 Å². The molecule has 1 aromatic carbocycles. The Labute approximate surface area is 135 Å². The van der Waals surface area contributed by atoms with Gasteiger partial charge in [-0.25, -0.2) is 14.4 Å². The number of hydrogen-bond donors (Lipinski definition) is 1. The first-order valence-electron chi connectivity index (χ1n) is 6.85. The van der Waals surface area contributed by atoms with Crippen LogP contribution in [0.4, 0.5) is 10.2 Å². The fourth-order valence-electron chi connectivity index (χ4n) is 2.75. The van der Waals surface area contributed by atoms with Crippen LogP contribution in [0.25, 0.3) is 11.4 Å². The van der Waals surface area contributed by atoms with Gasteiger partial charge in [-0.15, -0.1) is 0 Å². The molecule has 0 bridgehead atoms. The van der Waals surface area contributed by atoms with Gasteiger partial charge in [-0.1, -0.05) is 30.5 Å². The standard InChI is InChI=1S/C15H14BrClFN3/c16-11-13(8-4-1-2-5-8)20-15(21-14(11)19)9-6-3-7-10(17)12(9)18/h3,6-8H,1-2,4-5H2,(H2,19,20,21). The Bertz CT molecular complexity index is 687. The smallest absolute Gasteiger partial charge is 0.164 e. The molecule has 1 fully saturated rings. The molecule has 0 amide bonds. The Balaban J connectivity index is 2.13. The maximum atomic E-state index is 14.2. The van der Waals surface area contributed by atoms with Crippen LogP contribution in [0.1, 0.15) is 37.3 Å². The Morgan fingerprint density at radius 3 is 2.67 bits per heavy atom. The summed E-state index contributed by atoms with van der Waals surface area (Å²) in [5.41, 5.74) is 7.11. The van der Waals surface area contributed by atoms with Gasteiger partial charge in [-0.05, 0) is 40.9 Å². The molecule has 0 atom stereocenters. The van der Waals surface area contributed by atoms with E-state index >= 15 is 0 Å². The van der Waals surface area contributed by atoms with Crippen LogP contribution in [0.2, 0.25) is 5.02 Å². The van der Waals surface area contributed by atoms with Gasteiger partial charge in [-0.3, -0.25) is 0 Å².